The first-order chi connectivity index (χ1) is 15.8. The molecule has 0 atom stereocenters. The normalized spacial score (nSPS) is 11.1. The maximum atomic E-state index is 13.4. The van der Waals surface area contributed by atoms with Gasteiger partial charge in [-0.2, -0.15) is 18.3 Å². The third-order valence-electron chi connectivity index (χ3n) is 4.94. The van der Waals surface area contributed by atoms with Crippen LogP contribution in [0.3, 0.4) is 0 Å². The first-order valence-electron chi connectivity index (χ1n) is 9.60. The average molecular weight is 448 g/mol. The minimum absolute atomic E-state index is 0.235. The fourth-order valence-electron chi connectivity index (χ4n) is 3.29. The Hall–Kier alpha value is -4.56. The van der Waals surface area contributed by atoms with Gasteiger partial charge in [0.2, 0.25) is 5.91 Å². The topological polar surface area (TPSA) is 110 Å². The highest BCUT2D eigenvalue weighted by molar-refractivity contribution is 5.92. The Morgan fingerprint density at radius 1 is 0.909 bits per heavy atom. The van der Waals surface area contributed by atoms with Crippen LogP contribution in [0.25, 0.3) is 38.5 Å². The predicted octanol–water partition coefficient (Wildman–Crippen LogP) is 6.27. The maximum Gasteiger partial charge on any atom is 0.435 e. The number of hydrogen-bond acceptors (Lipinski definition) is 3. The first-order valence-corrected chi connectivity index (χ1v) is 9.60. The second-order valence-electron chi connectivity index (χ2n) is 7.05. The van der Waals surface area contributed by atoms with Gasteiger partial charge in [0.05, 0.1) is 11.4 Å². The molecule has 164 valence electrons. The minimum Gasteiger partial charge on any atom is -0.366 e. The number of alkyl halides is 3. The summed E-state index contributed by atoms with van der Waals surface area (Å²) >= 11 is 0. The van der Waals surface area contributed by atoms with Crippen molar-refractivity contribution in [2.75, 3.05) is 0 Å². The summed E-state index contributed by atoms with van der Waals surface area (Å²) < 4.78 is 41.3. The largest absolute Gasteiger partial charge is 0.435 e. The Balaban J connectivity index is 1.73. The molecule has 0 aliphatic carbocycles. The van der Waals surface area contributed by atoms with E-state index in [2.05, 4.69) is 15.1 Å². The van der Waals surface area contributed by atoms with Crippen molar-refractivity contribution in [3.05, 3.63) is 101 Å². The lowest BCUT2D eigenvalue weighted by atomic mass is 10.0. The lowest BCUT2D eigenvalue weighted by Gasteiger charge is -2.09. The number of nitrogens with zero attached hydrogens (tertiary/aromatic N) is 5. The van der Waals surface area contributed by atoms with Crippen LogP contribution in [-0.4, -0.2) is 15.7 Å². The van der Waals surface area contributed by atoms with E-state index in [1.54, 1.807) is 48.5 Å². The lowest BCUT2D eigenvalue weighted by molar-refractivity contribution is -0.141. The van der Waals surface area contributed by atoms with Crippen molar-refractivity contribution in [2.24, 2.45) is 10.8 Å². The highest BCUT2D eigenvalue weighted by atomic mass is 19.4. The molecule has 0 unspecified atom stereocenters. The predicted molar refractivity (Wildman–Crippen MR) is 117 cm³/mol. The average Bonchev–Trinajstić information content (AvgIpc) is 3.26. The Kier molecular flexibility index (Phi) is 5.60. The Morgan fingerprint density at radius 3 is 1.97 bits per heavy atom. The molecule has 0 aliphatic heterocycles. The number of azide groups is 1. The molecule has 2 N–H and O–H groups in total. The highest BCUT2D eigenvalue weighted by Crippen LogP contribution is 2.34. The maximum absolute atomic E-state index is 13.4. The fraction of sp³-hybridized carbons (Fsp3) is 0.0435. The molecule has 4 aromatic rings. The van der Waals surface area contributed by atoms with Gasteiger partial charge >= 0.3 is 6.18 Å². The number of primary amides is 1. The number of amides is 1. The third kappa shape index (κ3) is 4.56. The van der Waals surface area contributed by atoms with E-state index in [-0.39, 0.29) is 11.3 Å². The van der Waals surface area contributed by atoms with Gasteiger partial charge in [0.1, 0.15) is 0 Å². The summed E-state index contributed by atoms with van der Waals surface area (Å²) in [5, 5.41) is 7.27. The molecule has 7 nitrogen and oxygen atoms in total. The van der Waals surface area contributed by atoms with Gasteiger partial charge in [-0.25, -0.2) is 4.68 Å². The van der Waals surface area contributed by atoms with E-state index in [1.165, 1.54) is 28.9 Å². The summed E-state index contributed by atoms with van der Waals surface area (Å²) in [7, 11) is 0. The number of carbonyl (C=O) groups excluding carboxylic acids is 1. The van der Waals surface area contributed by atoms with Gasteiger partial charge in [-0.15, -0.1) is 0 Å². The van der Waals surface area contributed by atoms with E-state index >= 15 is 0 Å². The molecule has 1 amide bonds. The van der Waals surface area contributed by atoms with Crippen LogP contribution in [0, 0.1) is 0 Å². The number of halogens is 3. The van der Waals surface area contributed by atoms with Crippen molar-refractivity contribution >= 4 is 11.6 Å². The molecule has 0 saturated carbocycles. The lowest BCUT2D eigenvalue weighted by Crippen LogP contribution is -2.11. The number of benzene rings is 3. The number of carbonyl (C=O) groups is 1. The van der Waals surface area contributed by atoms with Crippen molar-refractivity contribution < 1.29 is 18.0 Å². The highest BCUT2D eigenvalue weighted by Gasteiger charge is 2.35. The van der Waals surface area contributed by atoms with Crippen molar-refractivity contribution in [2.45, 2.75) is 6.18 Å². The number of hydrogen-bond donors (Lipinski definition) is 1. The van der Waals surface area contributed by atoms with Crippen LogP contribution in [0.5, 0.6) is 0 Å². The molecule has 1 aromatic heterocycles. The zero-order chi connectivity index (χ0) is 23.6. The van der Waals surface area contributed by atoms with Crippen LogP contribution in [0.2, 0.25) is 0 Å². The molecular formula is C23H15F3N6O. The zero-order valence-corrected chi connectivity index (χ0v) is 16.9. The van der Waals surface area contributed by atoms with Crippen molar-refractivity contribution in [1.82, 2.24) is 9.78 Å². The molecule has 1 heterocycles. The summed E-state index contributed by atoms with van der Waals surface area (Å²) in [6.07, 6.45) is -4.62. The van der Waals surface area contributed by atoms with Crippen molar-refractivity contribution in [1.29, 1.82) is 0 Å². The number of rotatable bonds is 5. The van der Waals surface area contributed by atoms with Crippen LogP contribution < -0.4 is 5.73 Å². The van der Waals surface area contributed by atoms with Crippen LogP contribution in [0.4, 0.5) is 18.9 Å². The van der Waals surface area contributed by atoms with E-state index in [4.69, 9.17) is 11.3 Å². The van der Waals surface area contributed by atoms with Gasteiger partial charge in [0, 0.05) is 21.7 Å². The summed E-state index contributed by atoms with van der Waals surface area (Å²) in [4.78, 5) is 14.0. The summed E-state index contributed by atoms with van der Waals surface area (Å²) in [6.45, 7) is 0. The van der Waals surface area contributed by atoms with E-state index in [9.17, 15) is 18.0 Å². The Labute approximate surface area is 185 Å². The van der Waals surface area contributed by atoms with Gasteiger partial charge in [0.25, 0.3) is 0 Å². The van der Waals surface area contributed by atoms with E-state index in [0.29, 0.717) is 16.9 Å². The van der Waals surface area contributed by atoms with Gasteiger partial charge < -0.3 is 5.73 Å². The molecule has 0 aliphatic rings. The smallest absolute Gasteiger partial charge is 0.366 e. The van der Waals surface area contributed by atoms with Gasteiger partial charge in [-0.3, -0.25) is 4.79 Å². The van der Waals surface area contributed by atoms with Gasteiger partial charge in [-0.05, 0) is 47.0 Å². The number of aromatic nitrogens is 2. The Morgan fingerprint density at radius 2 is 1.45 bits per heavy atom. The van der Waals surface area contributed by atoms with E-state index in [1.807, 2.05) is 0 Å². The molecule has 33 heavy (non-hydrogen) atoms. The summed E-state index contributed by atoms with van der Waals surface area (Å²) in [5.41, 5.74) is 16.2. The molecular weight excluding hydrogens is 433 g/mol. The molecule has 4 rings (SSSR count). The van der Waals surface area contributed by atoms with Crippen LogP contribution in [-0.2, 0) is 6.18 Å². The molecule has 0 spiro atoms. The van der Waals surface area contributed by atoms with E-state index < -0.39 is 17.8 Å². The zero-order valence-electron chi connectivity index (χ0n) is 16.9. The second kappa shape index (κ2) is 8.52. The third-order valence-corrected chi connectivity index (χ3v) is 4.94. The molecule has 3 aromatic carbocycles. The Bertz CT molecular complexity index is 1350. The monoisotopic (exact) mass is 448 g/mol. The molecule has 0 bridgehead atoms. The first kappa shape index (κ1) is 21.7. The fourth-order valence-corrected chi connectivity index (χ4v) is 3.29. The van der Waals surface area contributed by atoms with Crippen LogP contribution in [0.15, 0.2) is 84.0 Å². The van der Waals surface area contributed by atoms with Crippen molar-refractivity contribution in [3.63, 3.8) is 0 Å². The standard InChI is InChI=1S/C23H15F3N6O/c24-23(25,26)21-13-20(32(30-21)19-11-7-17(8-12-19)22(27)33)16-3-1-14(2-4-16)15-5-9-18(10-6-15)29-31-28/h1-13H,(H2,27,33). The molecule has 10 heteroatoms. The SMILES string of the molecule is [N-]=[N+]=Nc1ccc(-c2ccc(-c3cc(C(F)(F)F)nn3-c3ccc(C(N)=O)cc3)cc2)cc1. The van der Waals surface area contributed by atoms with Crippen LogP contribution >= 0.6 is 0 Å². The van der Waals surface area contributed by atoms with Gasteiger partial charge in [-0.1, -0.05) is 53.6 Å². The second-order valence-corrected chi connectivity index (χ2v) is 7.05. The van der Waals surface area contributed by atoms with Gasteiger partial charge in [0.15, 0.2) is 5.69 Å². The molecule has 0 fully saturated rings. The minimum atomic E-state index is -4.62. The van der Waals surface area contributed by atoms with E-state index in [0.717, 1.165) is 17.2 Å². The molecule has 0 radical (unpaired) electrons. The quantitative estimate of drug-likeness (QED) is 0.221. The summed E-state index contributed by atoms with van der Waals surface area (Å²) in [5.74, 6) is -0.638. The van der Waals surface area contributed by atoms with Crippen LogP contribution in [0.1, 0.15) is 16.1 Å². The summed E-state index contributed by atoms with van der Waals surface area (Å²) in [6, 6.07) is 20.7. The van der Waals surface area contributed by atoms with Crippen molar-refractivity contribution in [3.8, 4) is 28.1 Å². The molecule has 0 saturated heterocycles. The number of nitrogens with two attached hydrogens (primary N) is 1.